The molecule has 0 saturated heterocycles. The van der Waals surface area contributed by atoms with Gasteiger partial charge in [0.15, 0.2) is 0 Å². The summed E-state index contributed by atoms with van der Waals surface area (Å²) >= 11 is 16.8. The number of carbonyl (C=O) groups is 1. The van der Waals surface area contributed by atoms with Crippen molar-refractivity contribution in [2.45, 2.75) is 16.9 Å². The lowest BCUT2D eigenvalue weighted by molar-refractivity contribution is -0.119. The van der Waals surface area contributed by atoms with E-state index in [1.165, 1.54) is 6.92 Å². The third-order valence-corrected chi connectivity index (χ3v) is 3.63. The molecule has 1 amide bonds. The fourth-order valence-corrected chi connectivity index (χ4v) is 2.22. The van der Waals surface area contributed by atoms with E-state index in [0.29, 0.717) is 0 Å². The van der Waals surface area contributed by atoms with Crippen LogP contribution in [-0.2, 0) is 18.4 Å². The normalized spacial score (nSPS) is 14.6. The Bertz CT molecular complexity index is 288. The van der Waals surface area contributed by atoms with Crippen molar-refractivity contribution < 1.29 is 18.4 Å². The van der Waals surface area contributed by atoms with Gasteiger partial charge < -0.3 is 14.4 Å². The lowest BCUT2D eigenvalue weighted by Crippen LogP contribution is -2.51. The van der Waals surface area contributed by atoms with Crippen LogP contribution >= 0.6 is 42.5 Å². The fourth-order valence-electron chi connectivity index (χ4n) is 0.729. The number of halogens is 3. The van der Waals surface area contributed by atoms with Crippen LogP contribution in [0.25, 0.3) is 0 Å². The summed E-state index contributed by atoms with van der Waals surface area (Å²) in [6.07, 6.45) is -1.21. The minimum Gasteiger partial charge on any atom is -0.337 e. The van der Waals surface area contributed by atoms with Crippen LogP contribution in [0.5, 0.6) is 0 Å². The second kappa shape index (κ2) is 6.40. The van der Waals surface area contributed by atoms with Crippen molar-refractivity contribution in [3.63, 3.8) is 0 Å². The van der Waals surface area contributed by atoms with Crippen molar-refractivity contribution in [2.24, 2.45) is 0 Å². The molecule has 0 aromatic carbocycles. The predicted molar refractivity (Wildman–Crippen MR) is 62.7 cm³/mol. The van der Waals surface area contributed by atoms with E-state index in [2.05, 4.69) is 19.5 Å². The van der Waals surface area contributed by atoms with Crippen LogP contribution in [0.3, 0.4) is 0 Å². The zero-order valence-electron chi connectivity index (χ0n) is 8.79. The second-order valence-corrected chi connectivity index (χ2v) is 7.02. The Kier molecular flexibility index (Phi) is 6.58. The summed E-state index contributed by atoms with van der Waals surface area (Å²) in [5.74, 6) is -0.470. The molecule has 16 heavy (non-hydrogen) atoms. The van der Waals surface area contributed by atoms with Crippen molar-refractivity contribution in [2.75, 3.05) is 14.2 Å². The summed E-state index contributed by atoms with van der Waals surface area (Å²) in [6.45, 7) is 1.22. The molecule has 1 atom stereocenters. The molecule has 0 saturated carbocycles. The van der Waals surface area contributed by atoms with E-state index in [0.717, 1.165) is 14.2 Å². The van der Waals surface area contributed by atoms with Gasteiger partial charge in [-0.05, 0) is 0 Å². The number of nitrogens with one attached hydrogen (secondary N) is 2. The zero-order chi connectivity index (χ0) is 13.0. The van der Waals surface area contributed by atoms with Gasteiger partial charge >= 0.3 is 7.75 Å². The van der Waals surface area contributed by atoms with Gasteiger partial charge in [0, 0.05) is 21.1 Å². The molecule has 0 rings (SSSR count). The van der Waals surface area contributed by atoms with Gasteiger partial charge in [0.1, 0.15) is 6.17 Å². The molecule has 0 heterocycles. The number of rotatable bonds is 5. The van der Waals surface area contributed by atoms with Gasteiger partial charge in [0.25, 0.3) is 0 Å². The van der Waals surface area contributed by atoms with Crippen LogP contribution in [-0.4, -0.2) is 30.1 Å². The van der Waals surface area contributed by atoms with Crippen molar-refractivity contribution in [3.05, 3.63) is 0 Å². The fraction of sp³-hybridized carbons (Fsp3) is 0.833. The first-order valence-corrected chi connectivity index (χ1v) is 6.65. The molecule has 0 aliphatic carbocycles. The highest BCUT2D eigenvalue weighted by Crippen LogP contribution is 2.44. The second-order valence-electron chi connectivity index (χ2n) is 2.67. The zero-order valence-corrected chi connectivity index (χ0v) is 12.0. The SMILES string of the molecule is COP(=O)(NC(NC(C)=O)C(Cl)(Cl)Cl)OC. The van der Waals surface area contributed by atoms with Gasteiger partial charge in [-0.15, -0.1) is 0 Å². The summed E-state index contributed by atoms with van der Waals surface area (Å²) in [6, 6.07) is 0. The van der Waals surface area contributed by atoms with Crippen molar-refractivity contribution in [1.29, 1.82) is 0 Å². The van der Waals surface area contributed by atoms with Crippen LogP contribution in [0.15, 0.2) is 0 Å². The minimum absolute atomic E-state index is 0.470. The summed E-state index contributed by atoms with van der Waals surface area (Å²) in [7, 11) is -1.30. The Morgan fingerprint density at radius 3 is 2.00 bits per heavy atom. The third-order valence-electron chi connectivity index (χ3n) is 1.44. The smallest absolute Gasteiger partial charge is 0.337 e. The molecule has 0 aromatic heterocycles. The molecule has 6 nitrogen and oxygen atoms in total. The number of carbonyl (C=O) groups excluding carboxylic acids is 1. The molecule has 0 bridgehead atoms. The van der Waals surface area contributed by atoms with E-state index in [4.69, 9.17) is 34.8 Å². The van der Waals surface area contributed by atoms with E-state index in [9.17, 15) is 9.36 Å². The van der Waals surface area contributed by atoms with Gasteiger partial charge in [-0.2, -0.15) is 5.09 Å². The molecule has 0 aromatic rings. The molecule has 0 fully saturated rings. The molecular weight excluding hydrogens is 301 g/mol. The summed E-state index contributed by atoms with van der Waals surface area (Å²) in [5, 5.41) is 4.55. The number of alkyl halides is 3. The standard InChI is InChI=1S/C6H12Cl3N2O4P/c1-4(12)10-5(6(7,8)9)11-16(13,14-2)15-3/h5H,1-3H3,(H,10,12)(H,11,13). The van der Waals surface area contributed by atoms with E-state index >= 15 is 0 Å². The van der Waals surface area contributed by atoms with Gasteiger partial charge in [-0.25, -0.2) is 4.57 Å². The Balaban J connectivity index is 4.80. The lowest BCUT2D eigenvalue weighted by atomic mass is 10.5. The average molecular weight is 314 g/mol. The highest BCUT2D eigenvalue weighted by molar-refractivity contribution is 7.51. The predicted octanol–water partition coefficient (Wildman–Crippen LogP) is 1.81. The topological polar surface area (TPSA) is 76.7 Å². The maximum absolute atomic E-state index is 11.7. The van der Waals surface area contributed by atoms with E-state index in [1.807, 2.05) is 0 Å². The quantitative estimate of drug-likeness (QED) is 0.460. The molecule has 96 valence electrons. The van der Waals surface area contributed by atoms with Crippen LogP contribution in [0.1, 0.15) is 6.92 Å². The number of amides is 1. The first-order chi connectivity index (χ1) is 7.14. The highest BCUT2D eigenvalue weighted by Gasteiger charge is 2.39. The van der Waals surface area contributed by atoms with Gasteiger partial charge in [-0.1, -0.05) is 34.8 Å². The Labute approximate surface area is 108 Å². The van der Waals surface area contributed by atoms with E-state index in [-0.39, 0.29) is 0 Å². The Morgan fingerprint density at radius 1 is 1.31 bits per heavy atom. The van der Waals surface area contributed by atoms with Crippen LogP contribution in [0.4, 0.5) is 0 Å². The first kappa shape index (κ1) is 16.4. The Morgan fingerprint density at radius 2 is 1.75 bits per heavy atom. The largest absolute Gasteiger partial charge is 0.406 e. The molecule has 2 N–H and O–H groups in total. The third kappa shape index (κ3) is 5.68. The Hall–Kier alpha value is 0.450. The highest BCUT2D eigenvalue weighted by atomic mass is 35.6. The van der Waals surface area contributed by atoms with Gasteiger partial charge in [-0.3, -0.25) is 4.79 Å². The monoisotopic (exact) mass is 312 g/mol. The molecular formula is C6H12Cl3N2O4P. The molecule has 0 radical (unpaired) electrons. The summed E-state index contributed by atoms with van der Waals surface area (Å²) < 4.78 is 19.0. The van der Waals surface area contributed by atoms with Crippen LogP contribution < -0.4 is 10.4 Å². The van der Waals surface area contributed by atoms with Crippen molar-refractivity contribution in [1.82, 2.24) is 10.4 Å². The maximum Gasteiger partial charge on any atom is 0.406 e. The van der Waals surface area contributed by atoms with E-state index in [1.54, 1.807) is 0 Å². The molecule has 10 heteroatoms. The van der Waals surface area contributed by atoms with Crippen LogP contribution in [0, 0.1) is 0 Å². The minimum atomic E-state index is -3.61. The first-order valence-electron chi connectivity index (χ1n) is 3.97. The van der Waals surface area contributed by atoms with E-state index < -0.39 is 23.6 Å². The van der Waals surface area contributed by atoms with Gasteiger partial charge in [0.2, 0.25) is 9.70 Å². The number of hydrogen-bond acceptors (Lipinski definition) is 4. The lowest BCUT2D eigenvalue weighted by Gasteiger charge is -2.28. The molecule has 0 spiro atoms. The number of hydrogen-bond donors (Lipinski definition) is 2. The van der Waals surface area contributed by atoms with Gasteiger partial charge in [0.05, 0.1) is 0 Å². The van der Waals surface area contributed by atoms with Crippen molar-refractivity contribution >= 4 is 48.5 Å². The average Bonchev–Trinajstić information content (AvgIpc) is 2.14. The summed E-state index contributed by atoms with van der Waals surface area (Å²) in [4.78, 5) is 10.9. The molecule has 0 aliphatic rings. The van der Waals surface area contributed by atoms with Crippen molar-refractivity contribution in [3.8, 4) is 0 Å². The van der Waals surface area contributed by atoms with Crippen LogP contribution in [0.2, 0.25) is 0 Å². The molecule has 1 unspecified atom stereocenters. The summed E-state index contributed by atoms with van der Waals surface area (Å²) in [5.41, 5.74) is 0. The maximum atomic E-state index is 11.7. The molecule has 0 aliphatic heterocycles.